The Morgan fingerprint density at radius 1 is 1.22 bits per heavy atom. The topological polar surface area (TPSA) is 139 Å². The number of amides is 1. The zero-order valence-electron chi connectivity index (χ0n) is 19.0. The number of aliphatic hydroxyl groups is 2. The molecule has 0 spiro atoms. The highest BCUT2D eigenvalue weighted by atomic mass is 32.2. The van der Waals surface area contributed by atoms with Gasteiger partial charge in [0.2, 0.25) is 15.0 Å². The smallest absolute Gasteiger partial charge is 0.399 e. The number of sulfone groups is 1. The largest absolute Gasteiger partial charge is 0.498 e. The first-order valence-corrected chi connectivity index (χ1v) is 12.5. The van der Waals surface area contributed by atoms with Crippen molar-refractivity contribution in [2.45, 2.75) is 81.9 Å². The highest BCUT2D eigenvalue weighted by Gasteiger charge is 2.52. The van der Waals surface area contributed by atoms with Gasteiger partial charge in [0.1, 0.15) is 0 Å². The van der Waals surface area contributed by atoms with Crippen molar-refractivity contribution >= 4 is 28.3 Å². The predicted molar refractivity (Wildman–Crippen MR) is 117 cm³/mol. The minimum Gasteiger partial charge on any atom is -0.399 e. The second-order valence-corrected chi connectivity index (χ2v) is 11.4. The second-order valence-electron chi connectivity index (χ2n) is 9.37. The van der Waals surface area contributed by atoms with Gasteiger partial charge in [0.15, 0.2) is 6.10 Å². The Balaban J connectivity index is 1.66. The molecule has 0 unspecified atom stereocenters. The molecule has 2 atom stereocenters. The van der Waals surface area contributed by atoms with Crippen LogP contribution in [0.2, 0.25) is 0 Å². The van der Waals surface area contributed by atoms with Gasteiger partial charge in [0.25, 0.3) is 5.91 Å². The van der Waals surface area contributed by atoms with E-state index in [4.69, 9.17) is 14.4 Å². The van der Waals surface area contributed by atoms with E-state index in [9.17, 15) is 18.3 Å². The number of nitrogens with zero attached hydrogens (tertiary/aromatic N) is 3. The maximum atomic E-state index is 12.8. The molecule has 12 heteroatoms. The van der Waals surface area contributed by atoms with Gasteiger partial charge in [0, 0.05) is 30.4 Å². The molecule has 178 valence electrons. The standard InChI is InChI=1S/C20H32BN3O7S/c1-19(2)20(3,4)31-21(30-19)14-11-22-18(23-12-14)32(28,29)10-8-15-7-5-6-9-24(15)17(27)16(26)13-25/h11-12,15-16,25-26H,5-10,13H2,1-4H3/t15-,16-/m0/s1. The zero-order chi connectivity index (χ0) is 23.7. The molecule has 2 aliphatic rings. The number of carbonyl (C=O) groups excluding carboxylic acids is 1. The molecule has 2 saturated heterocycles. The van der Waals surface area contributed by atoms with Gasteiger partial charge in [-0.3, -0.25) is 4.79 Å². The average molecular weight is 469 g/mol. The number of carbonyl (C=O) groups is 1. The summed E-state index contributed by atoms with van der Waals surface area (Å²) >= 11 is 0. The van der Waals surface area contributed by atoms with Crippen LogP contribution in [-0.2, 0) is 23.9 Å². The monoisotopic (exact) mass is 469 g/mol. The molecular weight excluding hydrogens is 437 g/mol. The Labute approximate surface area is 189 Å². The van der Waals surface area contributed by atoms with Crippen LogP contribution < -0.4 is 5.46 Å². The number of aromatic nitrogens is 2. The summed E-state index contributed by atoms with van der Waals surface area (Å²) in [5.74, 6) is -0.801. The quantitative estimate of drug-likeness (QED) is 0.406. The summed E-state index contributed by atoms with van der Waals surface area (Å²) in [7, 11) is -4.46. The van der Waals surface area contributed by atoms with E-state index in [-0.39, 0.29) is 23.4 Å². The normalized spacial score (nSPS) is 23.9. The molecule has 1 amide bonds. The highest BCUT2D eigenvalue weighted by molar-refractivity contribution is 7.91. The summed E-state index contributed by atoms with van der Waals surface area (Å²) in [5.41, 5.74) is -0.533. The summed E-state index contributed by atoms with van der Waals surface area (Å²) in [5, 5.41) is 18.5. The van der Waals surface area contributed by atoms with Crippen molar-refractivity contribution in [3.05, 3.63) is 12.4 Å². The van der Waals surface area contributed by atoms with Crippen molar-refractivity contribution in [2.75, 3.05) is 18.9 Å². The molecule has 0 aliphatic carbocycles. The van der Waals surface area contributed by atoms with Crippen molar-refractivity contribution in [1.29, 1.82) is 0 Å². The third-order valence-electron chi connectivity index (χ3n) is 6.54. The van der Waals surface area contributed by atoms with Crippen molar-refractivity contribution in [3.8, 4) is 0 Å². The Morgan fingerprint density at radius 2 is 1.81 bits per heavy atom. The predicted octanol–water partition coefficient (Wildman–Crippen LogP) is -0.326. The lowest BCUT2D eigenvalue weighted by Gasteiger charge is -2.36. The molecule has 2 N–H and O–H groups in total. The maximum absolute atomic E-state index is 12.8. The number of aliphatic hydroxyl groups excluding tert-OH is 2. The van der Waals surface area contributed by atoms with Crippen LogP contribution in [0.3, 0.4) is 0 Å². The van der Waals surface area contributed by atoms with Crippen LogP contribution in [-0.4, -0.2) is 88.8 Å². The molecular formula is C20H32BN3O7S. The molecule has 3 rings (SSSR count). The molecule has 0 aromatic carbocycles. The molecule has 1 aromatic heterocycles. The minimum atomic E-state index is -3.77. The third kappa shape index (κ3) is 5.14. The highest BCUT2D eigenvalue weighted by Crippen LogP contribution is 2.36. The number of hydrogen-bond donors (Lipinski definition) is 2. The van der Waals surface area contributed by atoms with Crippen LogP contribution in [0.1, 0.15) is 53.4 Å². The fourth-order valence-corrected chi connectivity index (χ4v) is 5.02. The zero-order valence-corrected chi connectivity index (χ0v) is 19.8. The van der Waals surface area contributed by atoms with E-state index in [2.05, 4.69) is 9.97 Å². The minimum absolute atomic E-state index is 0.203. The molecule has 32 heavy (non-hydrogen) atoms. The Hall–Kier alpha value is -1.60. The van der Waals surface area contributed by atoms with Gasteiger partial charge in [-0.15, -0.1) is 0 Å². The van der Waals surface area contributed by atoms with Gasteiger partial charge >= 0.3 is 7.12 Å². The fraction of sp³-hybridized carbons (Fsp3) is 0.750. The molecule has 1 aromatic rings. The van der Waals surface area contributed by atoms with Gasteiger partial charge in [-0.25, -0.2) is 18.4 Å². The van der Waals surface area contributed by atoms with E-state index in [0.717, 1.165) is 12.8 Å². The first-order chi connectivity index (χ1) is 14.9. The summed E-state index contributed by atoms with van der Waals surface area (Å²) < 4.78 is 37.5. The lowest BCUT2D eigenvalue weighted by atomic mass is 9.81. The lowest BCUT2D eigenvalue weighted by molar-refractivity contribution is -0.146. The molecule has 2 aliphatic heterocycles. The van der Waals surface area contributed by atoms with Crippen LogP contribution in [0.4, 0.5) is 0 Å². The van der Waals surface area contributed by atoms with E-state index in [0.29, 0.717) is 18.4 Å². The van der Waals surface area contributed by atoms with Crippen LogP contribution in [0.15, 0.2) is 17.6 Å². The van der Waals surface area contributed by atoms with E-state index >= 15 is 0 Å². The maximum Gasteiger partial charge on any atom is 0.498 e. The third-order valence-corrected chi connectivity index (χ3v) is 8.08. The molecule has 0 saturated carbocycles. The molecule has 0 bridgehead atoms. The van der Waals surface area contributed by atoms with E-state index in [1.165, 1.54) is 17.3 Å². The van der Waals surface area contributed by atoms with Crippen LogP contribution >= 0.6 is 0 Å². The van der Waals surface area contributed by atoms with Gasteiger partial charge in [-0.05, 0) is 53.4 Å². The Bertz CT molecular complexity index is 908. The fourth-order valence-electron chi connectivity index (χ4n) is 3.83. The SMILES string of the molecule is CC1(C)OB(c2cnc(S(=O)(=O)CC[C@@H]3CCCCN3C(=O)[C@@H](O)CO)nc2)OC1(C)C. The summed E-state index contributed by atoms with van der Waals surface area (Å²) in [6.07, 6.45) is 3.79. The van der Waals surface area contributed by atoms with Crippen molar-refractivity contribution in [1.82, 2.24) is 14.9 Å². The average Bonchev–Trinajstić information content (AvgIpc) is 2.98. The van der Waals surface area contributed by atoms with Crippen molar-refractivity contribution in [3.63, 3.8) is 0 Å². The first kappa shape index (κ1) is 25.0. The van der Waals surface area contributed by atoms with Crippen molar-refractivity contribution < 1.29 is 32.7 Å². The first-order valence-electron chi connectivity index (χ1n) is 10.9. The van der Waals surface area contributed by atoms with Gasteiger partial charge in [-0.2, -0.15) is 0 Å². The van der Waals surface area contributed by atoms with E-state index < -0.39 is 46.8 Å². The molecule has 10 nitrogen and oxygen atoms in total. The summed E-state index contributed by atoms with van der Waals surface area (Å²) in [6, 6.07) is -0.323. The van der Waals surface area contributed by atoms with Crippen molar-refractivity contribution in [2.24, 2.45) is 0 Å². The van der Waals surface area contributed by atoms with E-state index in [1.807, 2.05) is 27.7 Å². The van der Waals surface area contributed by atoms with Gasteiger partial charge in [-0.1, -0.05) is 0 Å². The number of rotatable bonds is 7. The van der Waals surface area contributed by atoms with Gasteiger partial charge in [0.05, 0.1) is 23.6 Å². The molecule has 0 radical (unpaired) electrons. The lowest BCUT2D eigenvalue weighted by Crippen LogP contribution is -2.49. The van der Waals surface area contributed by atoms with Crippen LogP contribution in [0, 0.1) is 0 Å². The summed E-state index contributed by atoms with van der Waals surface area (Å²) in [6.45, 7) is 7.46. The number of piperidine rings is 1. The Morgan fingerprint density at radius 3 is 2.38 bits per heavy atom. The van der Waals surface area contributed by atoms with Crippen LogP contribution in [0.25, 0.3) is 0 Å². The van der Waals surface area contributed by atoms with Crippen LogP contribution in [0.5, 0.6) is 0 Å². The van der Waals surface area contributed by atoms with Gasteiger partial charge < -0.3 is 24.4 Å². The number of hydrogen-bond acceptors (Lipinski definition) is 9. The Kier molecular flexibility index (Phi) is 7.31. The number of likely N-dealkylation sites (tertiary alicyclic amines) is 1. The van der Waals surface area contributed by atoms with E-state index in [1.54, 1.807) is 0 Å². The summed E-state index contributed by atoms with van der Waals surface area (Å²) in [4.78, 5) is 21.9. The molecule has 3 heterocycles. The molecule has 2 fully saturated rings. The second kappa shape index (κ2) is 9.34.